The number of hydrogen-bond donors (Lipinski definition) is 3. The van der Waals surface area contributed by atoms with E-state index < -0.39 is 0 Å². The van der Waals surface area contributed by atoms with Crippen LogP contribution in [0.5, 0.6) is 0 Å². The van der Waals surface area contributed by atoms with Gasteiger partial charge in [-0.3, -0.25) is 4.90 Å². The Labute approximate surface area is 112 Å². The third-order valence-corrected chi connectivity index (χ3v) is 2.34. The van der Waals surface area contributed by atoms with Gasteiger partial charge in [0.1, 0.15) is 0 Å². The highest BCUT2D eigenvalue weighted by Gasteiger charge is 2.13. The molecule has 1 heterocycles. The highest BCUT2D eigenvalue weighted by molar-refractivity contribution is 7.80. The van der Waals surface area contributed by atoms with Crippen molar-refractivity contribution in [3.63, 3.8) is 0 Å². The lowest BCUT2D eigenvalue weighted by Crippen LogP contribution is -2.37. The number of nitrogens with one attached hydrogen (secondary N) is 2. The summed E-state index contributed by atoms with van der Waals surface area (Å²) in [6, 6.07) is 0. The molecule has 7 nitrogen and oxygen atoms in total. The van der Waals surface area contributed by atoms with Crippen LogP contribution >= 0.6 is 12.2 Å². The number of rotatable bonds is 6. The van der Waals surface area contributed by atoms with Crippen LogP contribution < -0.4 is 21.3 Å². The lowest BCUT2D eigenvalue weighted by atomic mass is 10.6. The minimum absolute atomic E-state index is 0.244. The van der Waals surface area contributed by atoms with Crippen LogP contribution in [0.4, 0.5) is 17.8 Å². The van der Waals surface area contributed by atoms with Gasteiger partial charge in [-0.15, -0.1) is 0 Å². The second-order valence-corrected chi connectivity index (χ2v) is 3.84. The molecule has 1 rings (SSSR count). The van der Waals surface area contributed by atoms with E-state index >= 15 is 0 Å². The molecule has 0 saturated heterocycles. The Bertz CT molecular complexity index is 385. The molecule has 0 aliphatic heterocycles. The zero-order valence-corrected chi connectivity index (χ0v) is 11.7. The Morgan fingerprint density at radius 1 is 1.11 bits per heavy atom. The van der Waals surface area contributed by atoms with E-state index in [0.717, 1.165) is 13.1 Å². The molecule has 0 aliphatic carbocycles. The molecule has 0 fully saturated rings. The van der Waals surface area contributed by atoms with Crippen molar-refractivity contribution >= 4 is 35.2 Å². The van der Waals surface area contributed by atoms with Crippen LogP contribution in [-0.4, -0.2) is 39.7 Å². The van der Waals surface area contributed by atoms with Crippen molar-refractivity contribution in [2.75, 3.05) is 35.2 Å². The number of aromatic nitrogens is 3. The summed E-state index contributed by atoms with van der Waals surface area (Å²) in [4.78, 5) is 14.5. The maximum absolute atomic E-state index is 5.64. The molecule has 0 unspecified atom stereocenters. The average molecular weight is 269 g/mol. The minimum atomic E-state index is 0.244. The molecule has 18 heavy (non-hydrogen) atoms. The second-order valence-electron chi connectivity index (χ2n) is 3.43. The van der Waals surface area contributed by atoms with E-state index in [-0.39, 0.29) is 5.11 Å². The van der Waals surface area contributed by atoms with Crippen LogP contribution in [0, 0.1) is 0 Å². The van der Waals surface area contributed by atoms with Crippen LogP contribution in [0.25, 0.3) is 0 Å². The first-order chi connectivity index (χ1) is 8.62. The highest BCUT2D eigenvalue weighted by atomic mass is 32.1. The van der Waals surface area contributed by atoms with Crippen molar-refractivity contribution in [2.45, 2.75) is 20.8 Å². The van der Waals surface area contributed by atoms with Gasteiger partial charge < -0.3 is 16.4 Å². The van der Waals surface area contributed by atoms with Gasteiger partial charge in [0.05, 0.1) is 0 Å². The third kappa shape index (κ3) is 3.66. The van der Waals surface area contributed by atoms with Gasteiger partial charge in [0.25, 0.3) is 0 Å². The quantitative estimate of drug-likeness (QED) is 0.653. The number of anilines is 3. The number of nitrogens with two attached hydrogens (primary N) is 1. The fourth-order valence-corrected chi connectivity index (χ4v) is 1.57. The summed E-state index contributed by atoms with van der Waals surface area (Å²) in [6.07, 6.45) is 0. The molecule has 1 aromatic heterocycles. The molecule has 0 atom stereocenters. The molecule has 0 aliphatic rings. The summed E-state index contributed by atoms with van der Waals surface area (Å²) in [6.45, 7) is 7.95. The summed E-state index contributed by atoms with van der Waals surface area (Å²) >= 11 is 4.98. The molecule has 0 bridgehead atoms. The van der Waals surface area contributed by atoms with Gasteiger partial charge >= 0.3 is 0 Å². The Balaban J connectivity index is 3.11. The van der Waals surface area contributed by atoms with E-state index in [9.17, 15) is 0 Å². The summed E-state index contributed by atoms with van der Waals surface area (Å²) < 4.78 is 0. The lowest BCUT2D eigenvalue weighted by Gasteiger charge is -2.19. The SMILES string of the molecule is CCNc1nc(NCC)nc(N(CC)C(N)=S)n1. The molecular formula is C10H19N7S. The molecule has 100 valence electrons. The molecule has 0 amide bonds. The standard InChI is InChI=1S/C10H19N7S/c1-4-12-8-14-9(13-5-2)16-10(15-8)17(6-3)7(11)18/h4-6H2,1-3H3,(H2,11,18)(H2,12,13,14,15,16). The van der Waals surface area contributed by atoms with Crippen LogP contribution in [0.2, 0.25) is 0 Å². The van der Waals surface area contributed by atoms with Gasteiger partial charge in [0.2, 0.25) is 17.8 Å². The molecule has 0 aromatic carbocycles. The fraction of sp³-hybridized carbons (Fsp3) is 0.600. The van der Waals surface area contributed by atoms with E-state index in [4.69, 9.17) is 18.0 Å². The second kappa shape index (κ2) is 6.90. The van der Waals surface area contributed by atoms with Gasteiger partial charge in [0.15, 0.2) is 5.11 Å². The zero-order chi connectivity index (χ0) is 13.5. The summed E-state index contributed by atoms with van der Waals surface area (Å²) in [7, 11) is 0. The van der Waals surface area contributed by atoms with Gasteiger partial charge in [-0.05, 0) is 33.0 Å². The molecule has 1 aromatic rings. The number of thiocarbonyl (C=S) groups is 1. The van der Waals surface area contributed by atoms with Crippen LogP contribution in [0.1, 0.15) is 20.8 Å². The van der Waals surface area contributed by atoms with E-state index in [1.807, 2.05) is 20.8 Å². The van der Waals surface area contributed by atoms with Gasteiger partial charge in [-0.2, -0.15) is 15.0 Å². The number of nitrogens with zero attached hydrogens (tertiary/aromatic N) is 4. The van der Waals surface area contributed by atoms with Crippen molar-refractivity contribution in [1.29, 1.82) is 0 Å². The monoisotopic (exact) mass is 269 g/mol. The maximum atomic E-state index is 5.64. The Morgan fingerprint density at radius 2 is 1.61 bits per heavy atom. The van der Waals surface area contributed by atoms with Gasteiger partial charge in [0, 0.05) is 19.6 Å². The van der Waals surface area contributed by atoms with Crippen molar-refractivity contribution < 1.29 is 0 Å². The third-order valence-electron chi connectivity index (χ3n) is 2.12. The van der Waals surface area contributed by atoms with Crippen LogP contribution in [-0.2, 0) is 0 Å². The normalized spacial score (nSPS) is 9.94. The molecule has 0 spiro atoms. The molecule has 4 N–H and O–H groups in total. The summed E-state index contributed by atoms with van der Waals surface area (Å²) in [5.74, 6) is 1.47. The van der Waals surface area contributed by atoms with Crippen LogP contribution in [0.3, 0.4) is 0 Å². The largest absolute Gasteiger partial charge is 0.376 e. The predicted octanol–water partition coefficient (Wildman–Crippen LogP) is 0.805. The average Bonchev–Trinajstić information content (AvgIpc) is 2.30. The topological polar surface area (TPSA) is 92.0 Å². The predicted molar refractivity (Wildman–Crippen MR) is 78.0 cm³/mol. The Hall–Kier alpha value is -1.70. The lowest BCUT2D eigenvalue weighted by molar-refractivity contribution is 0.932. The highest BCUT2D eigenvalue weighted by Crippen LogP contribution is 2.13. The number of hydrogen-bond acceptors (Lipinski definition) is 6. The molecular weight excluding hydrogens is 250 g/mol. The first kappa shape index (κ1) is 14.4. The van der Waals surface area contributed by atoms with Gasteiger partial charge in [-0.1, -0.05) is 0 Å². The van der Waals surface area contributed by atoms with Gasteiger partial charge in [-0.25, -0.2) is 0 Å². The molecule has 0 radical (unpaired) electrons. The molecule has 0 saturated carbocycles. The van der Waals surface area contributed by atoms with Crippen molar-refractivity contribution in [3.05, 3.63) is 0 Å². The fourth-order valence-electron chi connectivity index (χ4n) is 1.36. The zero-order valence-electron chi connectivity index (χ0n) is 10.9. The van der Waals surface area contributed by atoms with E-state index in [2.05, 4.69) is 25.6 Å². The van der Waals surface area contributed by atoms with Crippen molar-refractivity contribution in [3.8, 4) is 0 Å². The Morgan fingerprint density at radius 3 is 1.94 bits per heavy atom. The Kier molecular flexibility index (Phi) is 5.50. The van der Waals surface area contributed by atoms with E-state index in [0.29, 0.717) is 24.4 Å². The summed E-state index contributed by atoms with van der Waals surface area (Å²) in [5.41, 5.74) is 5.64. The first-order valence-corrected chi connectivity index (χ1v) is 6.33. The van der Waals surface area contributed by atoms with E-state index in [1.54, 1.807) is 4.90 Å². The first-order valence-electron chi connectivity index (χ1n) is 5.93. The van der Waals surface area contributed by atoms with Crippen LogP contribution in [0.15, 0.2) is 0 Å². The minimum Gasteiger partial charge on any atom is -0.376 e. The maximum Gasteiger partial charge on any atom is 0.238 e. The van der Waals surface area contributed by atoms with Crippen molar-refractivity contribution in [2.24, 2.45) is 5.73 Å². The molecule has 8 heteroatoms. The van der Waals surface area contributed by atoms with Crippen molar-refractivity contribution in [1.82, 2.24) is 15.0 Å². The smallest absolute Gasteiger partial charge is 0.238 e. The van der Waals surface area contributed by atoms with E-state index in [1.165, 1.54) is 0 Å². The summed E-state index contributed by atoms with van der Waals surface area (Å²) in [5, 5.41) is 6.35.